The molecule has 0 radical (unpaired) electrons. The van der Waals surface area contributed by atoms with E-state index in [-0.39, 0.29) is 5.56 Å². The number of H-pyrrole nitrogens is 1. The van der Waals surface area contributed by atoms with E-state index in [1.165, 1.54) is 17.1 Å². The van der Waals surface area contributed by atoms with Crippen molar-refractivity contribution in [1.29, 1.82) is 0 Å². The van der Waals surface area contributed by atoms with E-state index >= 15 is 0 Å². The fourth-order valence-electron chi connectivity index (χ4n) is 2.51. The van der Waals surface area contributed by atoms with E-state index in [2.05, 4.69) is 39.2 Å². The molecule has 0 fully saturated rings. The fourth-order valence-corrected chi connectivity index (χ4v) is 2.51. The summed E-state index contributed by atoms with van der Waals surface area (Å²) in [6.45, 7) is 0.492. The Bertz CT molecular complexity index is 1000. The monoisotopic (exact) mass is 276 g/mol. The number of hydrogen-bond acceptors (Lipinski definition) is 3. The summed E-state index contributed by atoms with van der Waals surface area (Å²) in [7, 11) is 0. The summed E-state index contributed by atoms with van der Waals surface area (Å²) >= 11 is 0. The number of rotatable bonds is 2. The molecule has 2 heterocycles. The molecule has 2 aromatic carbocycles. The number of aromatic nitrogens is 4. The molecule has 0 aliphatic rings. The second-order valence-corrected chi connectivity index (χ2v) is 4.96. The van der Waals surface area contributed by atoms with E-state index in [0.29, 0.717) is 17.7 Å². The summed E-state index contributed by atoms with van der Waals surface area (Å²) < 4.78 is 1.59. The Balaban J connectivity index is 1.78. The number of benzene rings is 2. The summed E-state index contributed by atoms with van der Waals surface area (Å²) in [5, 5.41) is 2.36. The van der Waals surface area contributed by atoms with Gasteiger partial charge in [0.2, 0.25) is 0 Å². The lowest BCUT2D eigenvalue weighted by molar-refractivity contribution is 0.747. The molecule has 0 amide bonds. The highest BCUT2D eigenvalue weighted by atomic mass is 16.1. The van der Waals surface area contributed by atoms with Crippen molar-refractivity contribution in [3.63, 3.8) is 0 Å². The highest BCUT2D eigenvalue weighted by molar-refractivity contribution is 5.83. The van der Waals surface area contributed by atoms with Crippen molar-refractivity contribution in [2.75, 3.05) is 0 Å². The number of imidazole rings is 1. The molecule has 21 heavy (non-hydrogen) atoms. The van der Waals surface area contributed by atoms with Crippen LogP contribution in [0.2, 0.25) is 0 Å². The van der Waals surface area contributed by atoms with E-state index < -0.39 is 0 Å². The molecule has 5 nitrogen and oxygen atoms in total. The van der Waals surface area contributed by atoms with Crippen molar-refractivity contribution in [3.8, 4) is 0 Å². The normalized spacial score (nSPS) is 11.2. The van der Waals surface area contributed by atoms with Gasteiger partial charge in [-0.25, -0.2) is 9.97 Å². The van der Waals surface area contributed by atoms with Crippen LogP contribution < -0.4 is 5.56 Å². The number of fused-ring (bicyclic) bond motifs is 2. The first kappa shape index (κ1) is 11.8. The summed E-state index contributed by atoms with van der Waals surface area (Å²) in [4.78, 5) is 23.3. The first-order valence-corrected chi connectivity index (χ1v) is 6.67. The third-order valence-corrected chi connectivity index (χ3v) is 3.58. The second-order valence-electron chi connectivity index (χ2n) is 4.96. The van der Waals surface area contributed by atoms with Crippen LogP contribution in [-0.2, 0) is 6.54 Å². The van der Waals surface area contributed by atoms with Crippen LogP contribution in [0.25, 0.3) is 21.9 Å². The lowest BCUT2D eigenvalue weighted by atomic mass is 10.1. The van der Waals surface area contributed by atoms with Gasteiger partial charge >= 0.3 is 0 Å². The molecule has 0 bridgehead atoms. The summed E-state index contributed by atoms with van der Waals surface area (Å²) in [5.74, 6) is 0. The summed E-state index contributed by atoms with van der Waals surface area (Å²) in [5.41, 5.74) is 1.86. The number of aromatic amines is 1. The Kier molecular flexibility index (Phi) is 2.57. The largest absolute Gasteiger partial charge is 0.339 e. The molecule has 0 atom stereocenters. The molecule has 0 spiro atoms. The quantitative estimate of drug-likeness (QED) is 0.611. The molecule has 4 aromatic rings. The molecular formula is C16H12N4O. The van der Waals surface area contributed by atoms with Gasteiger partial charge in [0.15, 0.2) is 11.2 Å². The highest BCUT2D eigenvalue weighted by Gasteiger charge is 2.06. The minimum absolute atomic E-state index is 0.106. The fraction of sp³-hybridized carbons (Fsp3) is 0.0625. The molecular weight excluding hydrogens is 264 g/mol. The predicted octanol–water partition coefficient (Wildman–Crippen LogP) is 2.32. The molecule has 0 saturated carbocycles. The lowest BCUT2D eigenvalue weighted by Gasteiger charge is -2.06. The maximum Gasteiger partial charge on any atom is 0.279 e. The van der Waals surface area contributed by atoms with Crippen LogP contribution in [0.15, 0.2) is 59.9 Å². The molecule has 2 aromatic heterocycles. The number of nitrogens with one attached hydrogen (secondary N) is 1. The van der Waals surface area contributed by atoms with Crippen molar-refractivity contribution in [2.24, 2.45) is 0 Å². The van der Waals surface area contributed by atoms with Crippen molar-refractivity contribution in [3.05, 3.63) is 71.0 Å². The molecule has 0 unspecified atom stereocenters. The van der Waals surface area contributed by atoms with Crippen LogP contribution in [0, 0.1) is 0 Å². The Labute approximate surface area is 119 Å². The topological polar surface area (TPSA) is 63.6 Å². The predicted molar refractivity (Wildman–Crippen MR) is 81.2 cm³/mol. The first-order chi connectivity index (χ1) is 10.3. The van der Waals surface area contributed by atoms with Gasteiger partial charge in [-0.1, -0.05) is 36.4 Å². The van der Waals surface area contributed by atoms with Crippen molar-refractivity contribution in [2.45, 2.75) is 6.54 Å². The van der Waals surface area contributed by atoms with Gasteiger partial charge in [0.05, 0.1) is 12.9 Å². The maximum atomic E-state index is 12.3. The van der Waals surface area contributed by atoms with Crippen LogP contribution in [0.5, 0.6) is 0 Å². The molecule has 0 aliphatic carbocycles. The van der Waals surface area contributed by atoms with E-state index in [0.717, 1.165) is 5.56 Å². The SMILES string of the molecule is O=c1c2[nH]cnc2ncn1Cc1ccc2ccccc2c1. The van der Waals surface area contributed by atoms with Crippen LogP contribution in [0.1, 0.15) is 5.56 Å². The molecule has 102 valence electrons. The Hall–Kier alpha value is -2.95. The first-order valence-electron chi connectivity index (χ1n) is 6.67. The highest BCUT2D eigenvalue weighted by Crippen LogP contribution is 2.16. The summed E-state index contributed by atoms with van der Waals surface area (Å²) in [6, 6.07) is 14.4. The molecule has 0 aliphatic heterocycles. The molecule has 0 saturated heterocycles. The minimum atomic E-state index is -0.106. The zero-order valence-electron chi connectivity index (χ0n) is 11.2. The second kappa shape index (κ2) is 4.56. The van der Waals surface area contributed by atoms with Crippen molar-refractivity contribution < 1.29 is 0 Å². The van der Waals surface area contributed by atoms with Gasteiger partial charge in [0.1, 0.15) is 6.33 Å². The third kappa shape index (κ3) is 1.99. The summed E-state index contributed by atoms with van der Waals surface area (Å²) in [6.07, 6.45) is 3.03. The minimum Gasteiger partial charge on any atom is -0.339 e. The van der Waals surface area contributed by atoms with Gasteiger partial charge in [0.25, 0.3) is 5.56 Å². The van der Waals surface area contributed by atoms with Gasteiger partial charge in [-0.05, 0) is 22.4 Å². The molecule has 5 heteroatoms. The van der Waals surface area contributed by atoms with E-state index in [1.54, 1.807) is 10.9 Å². The Morgan fingerprint density at radius 3 is 2.81 bits per heavy atom. The average molecular weight is 276 g/mol. The van der Waals surface area contributed by atoms with E-state index in [9.17, 15) is 4.79 Å². The van der Waals surface area contributed by atoms with Gasteiger partial charge in [-0.3, -0.25) is 9.36 Å². The standard InChI is InChI=1S/C16H12N4O/c21-16-14-15(18-9-17-14)19-10-20(16)8-11-5-6-12-3-1-2-4-13(12)7-11/h1-7,9-10H,8H2,(H,17,18). The van der Waals surface area contributed by atoms with E-state index in [4.69, 9.17) is 0 Å². The van der Waals surface area contributed by atoms with Gasteiger partial charge in [-0.2, -0.15) is 0 Å². The van der Waals surface area contributed by atoms with Crippen molar-refractivity contribution in [1.82, 2.24) is 19.5 Å². The zero-order valence-corrected chi connectivity index (χ0v) is 11.2. The molecule has 1 N–H and O–H groups in total. The van der Waals surface area contributed by atoms with Crippen molar-refractivity contribution >= 4 is 21.9 Å². The van der Waals surface area contributed by atoms with Gasteiger partial charge in [-0.15, -0.1) is 0 Å². The van der Waals surface area contributed by atoms with E-state index in [1.807, 2.05) is 18.2 Å². The smallest absolute Gasteiger partial charge is 0.279 e. The molecule has 4 rings (SSSR count). The number of hydrogen-bond donors (Lipinski definition) is 1. The third-order valence-electron chi connectivity index (χ3n) is 3.58. The average Bonchev–Trinajstić information content (AvgIpc) is 2.99. The maximum absolute atomic E-state index is 12.3. The number of nitrogens with zero attached hydrogens (tertiary/aromatic N) is 3. The van der Waals surface area contributed by atoms with Gasteiger partial charge in [0, 0.05) is 0 Å². The van der Waals surface area contributed by atoms with Gasteiger partial charge < -0.3 is 4.98 Å². The zero-order chi connectivity index (χ0) is 14.2. The van der Waals surface area contributed by atoms with Crippen LogP contribution in [-0.4, -0.2) is 19.5 Å². The lowest BCUT2D eigenvalue weighted by Crippen LogP contribution is -2.21. The van der Waals surface area contributed by atoms with Crippen LogP contribution in [0.4, 0.5) is 0 Å². The Morgan fingerprint density at radius 2 is 1.90 bits per heavy atom. The van der Waals surface area contributed by atoms with Crippen LogP contribution in [0.3, 0.4) is 0 Å². The van der Waals surface area contributed by atoms with Crippen LogP contribution >= 0.6 is 0 Å². The Morgan fingerprint density at radius 1 is 1.05 bits per heavy atom.